The molecule has 1 fully saturated rings. The van der Waals surface area contributed by atoms with Crippen LogP contribution in [0, 0.1) is 0 Å². The molecule has 0 spiro atoms. The summed E-state index contributed by atoms with van der Waals surface area (Å²) in [5.41, 5.74) is -0.649. The number of alkyl halides is 3. The fraction of sp³-hybridized carbons (Fsp3) is 0.714. The highest BCUT2D eigenvalue weighted by molar-refractivity contribution is 5.40. The number of halogens is 3. The third-order valence-corrected chi connectivity index (χ3v) is 3.64. The van der Waals surface area contributed by atoms with E-state index in [1.807, 2.05) is 13.8 Å². The molecule has 0 aliphatic carbocycles. The summed E-state index contributed by atoms with van der Waals surface area (Å²) >= 11 is 0. The molecule has 124 valence electrons. The van der Waals surface area contributed by atoms with Gasteiger partial charge >= 0.3 is 6.18 Å². The van der Waals surface area contributed by atoms with Gasteiger partial charge in [-0.05, 0) is 20.3 Å². The summed E-state index contributed by atoms with van der Waals surface area (Å²) in [5.74, 6) is 0.392. The highest BCUT2D eigenvalue weighted by Gasteiger charge is 2.33. The van der Waals surface area contributed by atoms with E-state index in [1.54, 1.807) is 6.92 Å². The summed E-state index contributed by atoms with van der Waals surface area (Å²) in [6.07, 6.45) is -3.16. The van der Waals surface area contributed by atoms with Crippen molar-refractivity contribution in [3.8, 4) is 0 Å². The molecular formula is C14H21F3N4O. The van der Waals surface area contributed by atoms with Gasteiger partial charge < -0.3 is 15.4 Å². The van der Waals surface area contributed by atoms with Gasteiger partial charge in [0.2, 0.25) is 0 Å². The van der Waals surface area contributed by atoms with E-state index in [2.05, 4.69) is 20.6 Å². The van der Waals surface area contributed by atoms with Crippen molar-refractivity contribution in [1.82, 2.24) is 15.3 Å². The molecule has 1 aromatic rings. The van der Waals surface area contributed by atoms with Crippen molar-refractivity contribution in [3.63, 3.8) is 0 Å². The van der Waals surface area contributed by atoms with Crippen molar-refractivity contribution in [3.05, 3.63) is 17.6 Å². The number of nitrogens with zero attached hydrogens (tertiary/aromatic N) is 2. The highest BCUT2D eigenvalue weighted by Crippen LogP contribution is 2.28. The fourth-order valence-corrected chi connectivity index (χ4v) is 2.40. The Balaban J connectivity index is 2.03. The number of rotatable bonds is 4. The first-order chi connectivity index (χ1) is 10.3. The number of aryl methyl sites for hydroxylation is 1. The lowest BCUT2D eigenvalue weighted by molar-refractivity contribution is -0.141. The zero-order valence-corrected chi connectivity index (χ0v) is 12.9. The van der Waals surface area contributed by atoms with Crippen LogP contribution in [0.15, 0.2) is 6.20 Å². The summed E-state index contributed by atoms with van der Waals surface area (Å²) < 4.78 is 43.7. The third kappa shape index (κ3) is 4.07. The molecule has 0 aromatic carbocycles. The number of hydrogen-bond acceptors (Lipinski definition) is 5. The summed E-state index contributed by atoms with van der Waals surface area (Å²) in [6.45, 7) is 6.97. The Kier molecular flexibility index (Phi) is 5.23. The number of anilines is 1. The van der Waals surface area contributed by atoms with E-state index in [1.165, 1.54) is 0 Å². The van der Waals surface area contributed by atoms with Crippen LogP contribution in [-0.2, 0) is 17.3 Å². The van der Waals surface area contributed by atoms with Crippen LogP contribution in [0.3, 0.4) is 0 Å². The van der Waals surface area contributed by atoms with Gasteiger partial charge in [0.05, 0.1) is 30.1 Å². The molecule has 2 heterocycles. The maximum Gasteiger partial charge on any atom is 0.434 e. The minimum atomic E-state index is -4.47. The molecule has 22 heavy (non-hydrogen) atoms. The van der Waals surface area contributed by atoms with E-state index in [0.717, 1.165) is 12.7 Å². The topological polar surface area (TPSA) is 59.1 Å². The first kappa shape index (κ1) is 17.0. The highest BCUT2D eigenvalue weighted by atomic mass is 19.4. The maximum atomic E-state index is 12.7. The molecule has 0 saturated carbocycles. The molecule has 3 atom stereocenters. The van der Waals surface area contributed by atoms with Crippen molar-refractivity contribution in [2.75, 3.05) is 18.4 Å². The van der Waals surface area contributed by atoms with E-state index in [0.29, 0.717) is 24.5 Å². The van der Waals surface area contributed by atoms with Gasteiger partial charge in [0.1, 0.15) is 5.82 Å². The summed E-state index contributed by atoms with van der Waals surface area (Å²) in [7, 11) is 0. The van der Waals surface area contributed by atoms with Gasteiger partial charge in [0.25, 0.3) is 0 Å². The molecule has 2 N–H and O–H groups in total. The lowest BCUT2D eigenvalue weighted by Gasteiger charge is -2.34. The second-order valence-corrected chi connectivity index (χ2v) is 5.45. The smallest absolute Gasteiger partial charge is 0.373 e. The van der Waals surface area contributed by atoms with Crippen LogP contribution >= 0.6 is 0 Å². The second kappa shape index (κ2) is 6.78. The zero-order chi connectivity index (χ0) is 16.3. The Morgan fingerprint density at radius 2 is 2.14 bits per heavy atom. The molecule has 2 rings (SSSR count). The predicted molar refractivity (Wildman–Crippen MR) is 76.7 cm³/mol. The van der Waals surface area contributed by atoms with Crippen LogP contribution in [-0.4, -0.2) is 41.3 Å². The second-order valence-electron chi connectivity index (χ2n) is 5.45. The van der Waals surface area contributed by atoms with Crippen molar-refractivity contribution < 1.29 is 17.9 Å². The Morgan fingerprint density at radius 1 is 1.41 bits per heavy atom. The van der Waals surface area contributed by atoms with Crippen LogP contribution < -0.4 is 10.6 Å². The third-order valence-electron chi connectivity index (χ3n) is 3.64. The number of aromatic nitrogens is 2. The molecule has 1 aromatic heterocycles. The Hall–Kier alpha value is -1.41. The SMILES string of the molecule is CCc1nc(C(F)(F)F)cnc1NC[C@H]1NC[C@@H](C)O[C@H]1C. The van der Waals surface area contributed by atoms with Crippen molar-refractivity contribution in [1.29, 1.82) is 0 Å². The first-order valence-corrected chi connectivity index (χ1v) is 7.37. The average molecular weight is 318 g/mol. The zero-order valence-electron chi connectivity index (χ0n) is 12.9. The van der Waals surface area contributed by atoms with Crippen molar-refractivity contribution >= 4 is 5.82 Å². The predicted octanol–water partition coefficient (Wildman–Crippen LogP) is 2.24. The van der Waals surface area contributed by atoms with E-state index in [4.69, 9.17) is 4.74 Å². The van der Waals surface area contributed by atoms with Gasteiger partial charge in [0.15, 0.2) is 5.69 Å². The molecule has 1 aliphatic heterocycles. The van der Waals surface area contributed by atoms with Crippen LogP contribution in [0.4, 0.5) is 19.0 Å². The number of nitrogens with one attached hydrogen (secondary N) is 2. The number of hydrogen-bond donors (Lipinski definition) is 2. The van der Waals surface area contributed by atoms with Gasteiger partial charge in [-0.1, -0.05) is 6.92 Å². The Labute approximate surface area is 127 Å². The molecule has 1 saturated heterocycles. The van der Waals surface area contributed by atoms with Crippen LogP contribution in [0.5, 0.6) is 0 Å². The lowest BCUT2D eigenvalue weighted by atomic mass is 10.1. The van der Waals surface area contributed by atoms with E-state index < -0.39 is 11.9 Å². The molecule has 0 radical (unpaired) electrons. The summed E-state index contributed by atoms with van der Waals surface area (Å²) in [4.78, 5) is 7.53. The van der Waals surface area contributed by atoms with Gasteiger partial charge in [-0.2, -0.15) is 13.2 Å². The van der Waals surface area contributed by atoms with Gasteiger partial charge in [0, 0.05) is 13.1 Å². The molecular weight excluding hydrogens is 297 g/mol. The van der Waals surface area contributed by atoms with Crippen molar-refractivity contribution in [2.45, 2.75) is 51.6 Å². The summed E-state index contributed by atoms with van der Waals surface area (Å²) in [6, 6.07) is 0.0741. The number of morpholine rings is 1. The molecule has 1 aliphatic rings. The number of ether oxygens (including phenoxy) is 1. The Morgan fingerprint density at radius 3 is 2.73 bits per heavy atom. The van der Waals surface area contributed by atoms with Gasteiger partial charge in [-0.25, -0.2) is 9.97 Å². The van der Waals surface area contributed by atoms with E-state index in [-0.39, 0.29) is 18.2 Å². The maximum absolute atomic E-state index is 12.7. The monoisotopic (exact) mass is 318 g/mol. The summed E-state index contributed by atoms with van der Waals surface area (Å²) in [5, 5.41) is 6.42. The molecule has 5 nitrogen and oxygen atoms in total. The Bertz CT molecular complexity index is 509. The molecule has 0 amide bonds. The van der Waals surface area contributed by atoms with E-state index >= 15 is 0 Å². The van der Waals surface area contributed by atoms with Gasteiger partial charge in [-0.3, -0.25) is 0 Å². The quantitative estimate of drug-likeness (QED) is 0.891. The van der Waals surface area contributed by atoms with Crippen molar-refractivity contribution in [2.24, 2.45) is 0 Å². The molecule has 0 unspecified atom stereocenters. The minimum absolute atomic E-state index is 0.0173. The van der Waals surface area contributed by atoms with Crippen LogP contribution in [0.1, 0.15) is 32.2 Å². The average Bonchev–Trinajstić information content (AvgIpc) is 2.45. The van der Waals surface area contributed by atoms with Gasteiger partial charge in [-0.15, -0.1) is 0 Å². The largest absolute Gasteiger partial charge is 0.434 e. The van der Waals surface area contributed by atoms with Crippen LogP contribution in [0.25, 0.3) is 0 Å². The first-order valence-electron chi connectivity index (χ1n) is 7.37. The lowest BCUT2D eigenvalue weighted by Crippen LogP contribution is -2.53. The fourth-order valence-electron chi connectivity index (χ4n) is 2.40. The normalized spacial score (nSPS) is 26.0. The van der Waals surface area contributed by atoms with Crippen LogP contribution in [0.2, 0.25) is 0 Å². The van der Waals surface area contributed by atoms with E-state index in [9.17, 15) is 13.2 Å². The molecule has 8 heteroatoms. The molecule has 0 bridgehead atoms. The minimum Gasteiger partial charge on any atom is -0.373 e. The standard InChI is InChI=1S/C14H21F3N4O/c1-4-10-13(20-7-12(21-10)14(15,16)17)19-6-11-9(3)22-8(2)5-18-11/h7-9,11,18H,4-6H2,1-3H3,(H,19,20)/t8-,9+,11-/m1/s1.